The first-order valence-electron chi connectivity index (χ1n) is 7.70. The molecule has 0 fully saturated rings. The summed E-state index contributed by atoms with van der Waals surface area (Å²) in [4.78, 5) is 0. The summed E-state index contributed by atoms with van der Waals surface area (Å²) in [7, 11) is 0. The summed E-state index contributed by atoms with van der Waals surface area (Å²) in [5.74, 6) is 0. The van der Waals surface area contributed by atoms with Gasteiger partial charge in [-0.05, 0) is 50.6 Å². The van der Waals surface area contributed by atoms with E-state index in [1.807, 2.05) is 0 Å². The third-order valence-electron chi connectivity index (χ3n) is 3.58. The highest BCUT2D eigenvalue weighted by Crippen LogP contribution is 2.13. The number of rotatable bonds is 10. The average Bonchev–Trinajstić information content (AvgIpc) is 2.45. The van der Waals surface area contributed by atoms with E-state index in [0.29, 0.717) is 6.04 Å². The molecule has 0 spiro atoms. The Morgan fingerprint density at radius 1 is 1.21 bits per heavy atom. The molecule has 0 saturated carbocycles. The van der Waals surface area contributed by atoms with Gasteiger partial charge in [0.15, 0.2) is 0 Å². The maximum absolute atomic E-state index is 4.15. The zero-order valence-electron chi connectivity index (χ0n) is 12.6. The van der Waals surface area contributed by atoms with Crippen LogP contribution in [0.5, 0.6) is 0 Å². The van der Waals surface area contributed by atoms with Gasteiger partial charge in [-0.1, -0.05) is 56.3 Å². The molecule has 1 atom stereocenters. The van der Waals surface area contributed by atoms with Crippen molar-refractivity contribution >= 4 is 0 Å². The molecular formula is C18H29N. The van der Waals surface area contributed by atoms with Gasteiger partial charge in [0.05, 0.1) is 0 Å². The molecule has 0 amide bonds. The Labute approximate surface area is 119 Å². The molecular weight excluding hydrogens is 230 g/mol. The summed E-state index contributed by atoms with van der Waals surface area (Å²) in [5, 5.41) is 3.66. The van der Waals surface area contributed by atoms with Crippen LogP contribution in [0.15, 0.2) is 42.5 Å². The molecule has 1 N–H and O–H groups in total. The van der Waals surface area contributed by atoms with E-state index >= 15 is 0 Å². The Morgan fingerprint density at radius 2 is 1.95 bits per heavy atom. The van der Waals surface area contributed by atoms with Crippen LogP contribution in [0.3, 0.4) is 0 Å². The third kappa shape index (κ3) is 7.17. The van der Waals surface area contributed by atoms with Crippen LogP contribution in [0.2, 0.25) is 0 Å². The van der Waals surface area contributed by atoms with Crippen molar-refractivity contribution < 1.29 is 0 Å². The van der Waals surface area contributed by atoms with Crippen molar-refractivity contribution in [2.45, 2.75) is 58.4 Å². The van der Waals surface area contributed by atoms with E-state index in [1.165, 1.54) is 36.8 Å². The van der Waals surface area contributed by atoms with Crippen molar-refractivity contribution in [3.8, 4) is 0 Å². The van der Waals surface area contributed by atoms with E-state index in [4.69, 9.17) is 0 Å². The largest absolute Gasteiger partial charge is 0.314 e. The van der Waals surface area contributed by atoms with Crippen molar-refractivity contribution in [1.29, 1.82) is 0 Å². The van der Waals surface area contributed by atoms with Crippen LogP contribution in [0.4, 0.5) is 0 Å². The van der Waals surface area contributed by atoms with Crippen molar-refractivity contribution in [2.75, 3.05) is 6.54 Å². The molecule has 1 unspecified atom stereocenters. The molecule has 0 aromatic heterocycles. The van der Waals surface area contributed by atoms with Gasteiger partial charge in [0.25, 0.3) is 0 Å². The lowest BCUT2D eigenvalue weighted by molar-refractivity contribution is 0.461. The first kappa shape index (κ1) is 16.0. The smallest absolute Gasteiger partial charge is 0.0104 e. The van der Waals surface area contributed by atoms with E-state index < -0.39 is 0 Å². The zero-order chi connectivity index (χ0) is 13.9. The fourth-order valence-electron chi connectivity index (χ4n) is 2.31. The van der Waals surface area contributed by atoms with Gasteiger partial charge >= 0.3 is 0 Å². The molecule has 19 heavy (non-hydrogen) atoms. The second-order valence-electron chi connectivity index (χ2n) is 5.34. The van der Waals surface area contributed by atoms with Gasteiger partial charge < -0.3 is 5.32 Å². The van der Waals surface area contributed by atoms with Crippen LogP contribution in [0.25, 0.3) is 0 Å². The van der Waals surface area contributed by atoms with Crippen LogP contribution in [-0.2, 0) is 6.42 Å². The second-order valence-corrected chi connectivity index (χ2v) is 5.34. The van der Waals surface area contributed by atoms with Crippen molar-refractivity contribution in [1.82, 2.24) is 5.32 Å². The maximum atomic E-state index is 4.15. The first-order valence-corrected chi connectivity index (χ1v) is 7.70. The predicted molar refractivity (Wildman–Crippen MR) is 85.5 cm³/mol. The summed E-state index contributed by atoms with van der Waals surface area (Å²) in [6.07, 6.45) is 7.11. The fraction of sp³-hybridized carbons (Fsp3) is 0.556. The van der Waals surface area contributed by atoms with Gasteiger partial charge in [0, 0.05) is 6.04 Å². The van der Waals surface area contributed by atoms with Gasteiger partial charge in [-0.2, -0.15) is 0 Å². The maximum Gasteiger partial charge on any atom is 0.0104 e. The summed E-state index contributed by atoms with van der Waals surface area (Å²) < 4.78 is 0. The minimum absolute atomic E-state index is 0.608. The van der Waals surface area contributed by atoms with E-state index in [1.54, 1.807) is 0 Å². The van der Waals surface area contributed by atoms with Crippen molar-refractivity contribution in [2.24, 2.45) is 0 Å². The molecule has 1 rings (SSSR count). The number of aryl methyl sites for hydroxylation is 1. The van der Waals surface area contributed by atoms with Gasteiger partial charge in [0.1, 0.15) is 0 Å². The molecule has 0 saturated heterocycles. The normalized spacial score (nSPS) is 12.3. The van der Waals surface area contributed by atoms with Gasteiger partial charge in [-0.25, -0.2) is 0 Å². The van der Waals surface area contributed by atoms with Gasteiger partial charge in [-0.3, -0.25) is 0 Å². The topological polar surface area (TPSA) is 12.0 Å². The third-order valence-corrected chi connectivity index (χ3v) is 3.58. The van der Waals surface area contributed by atoms with Crippen LogP contribution < -0.4 is 5.32 Å². The van der Waals surface area contributed by atoms with E-state index in [0.717, 1.165) is 19.4 Å². The summed E-state index contributed by atoms with van der Waals surface area (Å²) in [6.45, 7) is 9.69. The van der Waals surface area contributed by atoms with Crippen molar-refractivity contribution in [3.63, 3.8) is 0 Å². The molecule has 0 radical (unpaired) electrons. The Bertz CT molecular complexity index is 342. The molecule has 1 aromatic rings. The molecule has 1 heteroatoms. The monoisotopic (exact) mass is 259 g/mol. The minimum Gasteiger partial charge on any atom is -0.314 e. The first-order chi connectivity index (χ1) is 9.26. The van der Waals surface area contributed by atoms with Crippen molar-refractivity contribution in [3.05, 3.63) is 48.0 Å². The predicted octanol–water partition coefficient (Wildman–Crippen LogP) is 4.73. The highest BCUT2D eigenvalue weighted by molar-refractivity contribution is 5.14. The molecule has 0 aliphatic rings. The van der Waals surface area contributed by atoms with Crippen LogP contribution >= 0.6 is 0 Å². The lowest BCUT2D eigenvalue weighted by Crippen LogP contribution is -2.30. The standard InChI is InChI=1S/C18H29N/c1-4-14-19-18(15-16(3)5-2)13-9-12-17-10-7-6-8-11-17/h6-8,10-11,18-19H,3-5,9,12-15H2,1-2H3. The highest BCUT2D eigenvalue weighted by atomic mass is 14.9. The molecule has 0 aliphatic heterocycles. The number of benzene rings is 1. The average molecular weight is 259 g/mol. The van der Waals surface area contributed by atoms with Gasteiger partial charge in [0.2, 0.25) is 0 Å². The zero-order valence-corrected chi connectivity index (χ0v) is 12.6. The molecule has 0 heterocycles. The summed E-state index contributed by atoms with van der Waals surface area (Å²) in [6, 6.07) is 11.4. The summed E-state index contributed by atoms with van der Waals surface area (Å²) in [5.41, 5.74) is 2.82. The SMILES string of the molecule is C=C(CC)CC(CCCc1ccccc1)NCCC. The van der Waals surface area contributed by atoms with E-state index in [2.05, 4.69) is 56.1 Å². The number of hydrogen-bond donors (Lipinski definition) is 1. The lowest BCUT2D eigenvalue weighted by atomic mass is 9.98. The van der Waals surface area contributed by atoms with Gasteiger partial charge in [-0.15, -0.1) is 0 Å². The Kier molecular flexibility index (Phi) is 8.24. The van der Waals surface area contributed by atoms with E-state index in [-0.39, 0.29) is 0 Å². The molecule has 106 valence electrons. The quantitative estimate of drug-likeness (QED) is 0.599. The second kappa shape index (κ2) is 9.80. The van der Waals surface area contributed by atoms with Crippen LogP contribution in [0, 0.1) is 0 Å². The number of hydrogen-bond acceptors (Lipinski definition) is 1. The lowest BCUT2D eigenvalue weighted by Gasteiger charge is -2.19. The molecule has 0 aliphatic carbocycles. The Hall–Kier alpha value is -1.08. The number of nitrogens with one attached hydrogen (secondary N) is 1. The fourth-order valence-corrected chi connectivity index (χ4v) is 2.31. The highest BCUT2D eigenvalue weighted by Gasteiger charge is 2.08. The molecule has 0 bridgehead atoms. The molecule has 1 nitrogen and oxygen atoms in total. The summed E-state index contributed by atoms with van der Waals surface area (Å²) >= 11 is 0. The molecule has 1 aromatic carbocycles. The minimum atomic E-state index is 0.608. The Morgan fingerprint density at radius 3 is 2.58 bits per heavy atom. The Balaban J connectivity index is 2.32. The van der Waals surface area contributed by atoms with Crippen LogP contribution in [0.1, 0.15) is 51.5 Å². The van der Waals surface area contributed by atoms with E-state index in [9.17, 15) is 0 Å². The van der Waals surface area contributed by atoms with Crippen LogP contribution in [-0.4, -0.2) is 12.6 Å².